The topological polar surface area (TPSA) is 148 Å². The van der Waals surface area contributed by atoms with Gasteiger partial charge in [-0.05, 0) is 13.0 Å². The van der Waals surface area contributed by atoms with Gasteiger partial charge in [-0.3, -0.25) is 0 Å². The summed E-state index contributed by atoms with van der Waals surface area (Å²) in [7, 11) is 1.54. The van der Waals surface area contributed by atoms with Gasteiger partial charge in [-0.25, -0.2) is 19.3 Å². The van der Waals surface area contributed by atoms with Gasteiger partial charge in [0.25, 0.3) is 0 Å². The van der Waals surface area contributed by atoms with E-state index in [1.165, 1.54) is 40.2 Å². The molecule has 13 heteroatoms. The number of carbonyl (C=O) groups is 1. The van der Waals surface area contributed by atoms with Crippen LogP contribution in [0, 0.1) is 11.3 Å². The van der Waals surface area contributed by atoms with Gasteiger partial charge in [-0.15, -0.1) is 4.80 Å². The lowest BCUT2D eigenvalue weighted by Crippen LogP contribution is -2.22. The summed E-state index contributed by atoms with van der Waals surface area (Å²) in [5.74, 6) is 0.250. The van der Waals surface area contributed by atoms with E-state index in [0.717, 1.165) is 0 Å². The summed E-state index contributed by atoms with van der Waals surface area (Å²) in [6, 6.07) is 2.92. The fourth-order valence-corrected chi connectivity index (χ4v) is 3.09. The van der Waals surface area contributed by atoms with Gasteiger partial charge in [-0.1, -0.05) is 11.6 Å². The number of nitriles is 1. The Morgan fingerprint density at radius 2 is 2.03 bits per heavy atom. The molecule has 0 aromatic carbocycles. The van der Waals surface area contributed by atoms with Crippen LogP contribution in [0.2, 0.25) is 5.15 Å². The standard InChI is InChI=1S/C18H15ClN10O2/c1-10(31-2)15-13(8-24-28-9-14(19)27-17(15)28)26-18(30)25-12-5-11(6-20)16(21-7-12)29-22-3-4-23-29/h3-5,7-10H,1-2H3,(H2,25,26,30). The summed E-state index contributed by atoms with van der Waals surface area (Å²) < 4.78 is 6.92. The second-order valence-corrected chi connectivity index (χ2v) is 6.67. The van der Waals surface area contributed by atoms with Crippen LogP contribution in [0.4, 0.5) is 16.2 Å². The van der Waals surface area contributed by atoms with Gasteiger partial charge in [0.1, 0.15) is 16.8 Å². The highest BCUT2D eigenvalue weighted by Gasteiger charge is 2.20. The number of rotatable bonds is 5. The van der Waals surface area contributed by atoms with Crippen LogP contribution in [0.5, 0.6) is 0 Å². The lowest BCUT2D eigenvalue weighted by molar-refractivity contribution is 0.120. The number of urea groups is 1. The van der Waals surface area contributed by atoms with Crippen molar-refractivity contribution in [1.82, 2.24) is 34.6 Å². The number of pyridine rings is 1. The molecule has 4 aromatic heterocycles. The second-order valence-electron chi connectivity index (χ2n) is 6.29. The van der Waals surface area contributed by atoms with Gasteiger partial charge in [0.05, 0.1) is 54.0 Å². The lowest BCUT2D eigenvalue weighted by Gasteiger charge is -2.16. The van der Waals surface area contributed by atoms with Crippen molar-refractivity contribution < 1.29 is 9.53 Å². The molecular formula is C18H15ClN10O2. The number of methoxy groups -OCH3 is 1. The minimum atomic E-state index is -0.566. The van der Waals surface area contributed by atoms with E-state index < -0.39 is 12.1 Å². The minimum Gasteiger partial charge on any atom is -0.377 e. The molecule has 0 aliphatic rings. The maximum Gasteiger partial charge on any atom is 0.323 e. The Morgan fingerprint density at radius 3 is 2.74 bits per heavy atom. The van der Waals surface area contributed by atoms with Crippen LogP contribution < -0.4 is 10.6 Å². The molecule has 0 aliphatic carbocycles. The summed E-state index contributed by atoms with van der Waals surface area (Å²) in [6.07, 6.45) is 6.97. The van der Waals surface area contributed by atoms with E-state index in [1.54, 1.807) is 13.3 Å². The molecule has 2 N–H and O–H groups in total. The van der Waals surface area contributed by atoms with Crippen LogP contribution in [0.25, 0.3) is 11.5 Å². The van der Waals surface area contributed by atoms with Gasteiger partial charge < -0.3 is 15.4 Å². The molecule has 0 aliphatic heterocycles. The number of nitrogens with zero attached hydrogens (tertiary/aromatic N) is 8. The molecule has 4 heterocycles. The summed E-state index contributed by atoms with van der Waals surface area (Å²) in [5.41, 5.74) is 1.96. The van der Waals surface area contributed by atoms with Crippen molar-refractivity contribution in [2.24, 2.45) is 0 Å². The highest BCUT2D eigenvalue weighted by Crippen LogP contribution is 2.29. The van der Waals surface area contributed by atoms with Gasteiger partial charge in [0.15, 0.2) is 11.5 Å². The molecule has 1 atom stereocenters. The molecule has 0 radical (unpaired) electrons. The number of fused-ring (bicyclic) bond motifs is 1. The first-order chi connectivity index (χ1) is 15.0. The van der Waals surface area contributed by atoms with Crippen LogP contribution in [-0.4, -0.2) is 47.7 Å². The summed E-state index contributed by atoms with van der Waals surface area (Å²) in [4.78, 5) is 22.2. The molecule has 31 heavy (non-hydrogen) atoms. The van der Waals surface area contributed by atoms with Crippen molar-refractivity contribution in [2.75, 3.05) is 17.7 Å². The van der Waals surface area contributed by atoms with E-state index in [-0.39, 0.29) is 16.5 Å². The predicted molar refractivity (Wildman–Crippen MR) is 110 cm³/mol. The first-order valence-corrected chi connectivity index (χ1v) is 9.29. The molecule has 4 aromatic rings. The monoisotopic (exact) mass is 438 g/mol. The first-order valence-electron chi connectivity index (χ1n) is 8.91. The number of anilines is 2. The molecule has 4 rings (SSSR count). The fraction of sp³-hybridized carbons (Fsp3) is 0.167. The number of hydrogen-bond acceptors (Lipinski definition) is 8. The second kappa shape index (κ2) is 8.34. The Morgan fingerprint density at radius 1 is 1.26 bits per heavy atom. The Balaban J connectivity index is 1.59. The van der Waals surface area contributed by atoms with E-state index in [1.807, 2.05) is 13.0 Å². The molecule has 0 spiro atoms. The largest absolute Gasteiger partial charge is 0.377 e. The number of halogens is 1. The van der Waals surface area contributed by atoms with Crippen LogP contribution in [0.15, 0.2) is 37.1 Å². The van der Waals surface area contributed by atoms with Crippen molar-refractivity contribution in [3.05, 3.63) is 53.3 Å². The highest BCUT2D eigenvalue weighted by atomic mass is 35.5. The maximum absolute atomic E-state index is 12.6. The number of hydrogen-bond donors (Lipinski definition) is 2. The molecule has 0 fully saturated rings. The van der Waals surface area contributed by atoms with E-state index >= 15 is 0 Å². The van der Waals surface area contributed by atoms with E-state index in [4.69, 9.17) is 16.3 Å². The predicted octanol–water partition coefficient (Wildman–Crippen LogP) is 2.58. The third kappa shape index (κ3) is 4.00. The van der Waals surface area contributed by atoms with Crippen LogP contribution in [-0.2, 0) is 4.74 Å². The van der Waals surface area contributed by atoms with Crippen molar-refractivity contribution in [2.45, 2.75) is 13.0 Å². The maximum atomic E-state index is 12.6. The Hall–Kier alpha value is -4.08. The number of aromatic nitrogens is 7. The van der Waals surface area contributed by atoms with Crippen molar-refractivity contribution in [3.63, 3.8) is 0 Å². The fourth-order valence-electron chi connectivity index (χ4n) is 2.92. The van der Waals surface area contributed by atoms with E-state index in [9.17, 15) is 10.1 Å². The Kier molecular flexibility index (Phi) is 5.44. The zero-order chi connectivity index (χ0) is 22.0. The quantitative estimate of drug-likeness (QED) is 0.483. The molecule has 0 bridgehead atoms. The van der Waals surface area contributed by atoms with Crippen LogP contribution in [0.1, 0.15) is 24.2 Å². The van der Waals surface area contributed by atoms with E-state index in [2.05, 4.69) is 35.9 Å². The lowest BCUT2D eigenvalue weighted by atomic mass is 10.1. The van der Waals surface area contributed by atoms with Crippen molar-refractivity contribution in [3.8, 4) is 11.9 Å². The molecule has 12 nitrogen and oxygen atoms in total. The zero-order valence-corrected chi connectivity index (χ0v) is 17.1. The minimum absolute atomic E-state index is 0.192. The average Bonchev–Trinajstić information content (AvgIpc) is 3.42. The number of carbonyl (C=O) groups excluding carboxylic acids is 1. The van der Waals surface area contributed by atoms with Gasteiger partial charge >= 0.3 is 6.03 Å². The zero-order valence-electron chi connectivity index (χ0n) is 16.3. The third-order valence-electron chi connectivity index (χ3n) is 4.36. The first kappa shape index (κ1) is 20.2. The molecular weight excluding hydrogens is 424 g/mol. The highest BCUT2D eigenvalue weighted by molar-refractivity contribution is 6.29. The summed E-state index contributed by atoms with van der Waals surface area (Å²) >= 11 is 5.99. The van der Waals surface area contributed by atoms with Gasteiger partial charge in [0.2, 0.25) is 0 Å². The van der Waals surface area contributed by atoms with Gasteiger partial charge in [0, 0.05) is 7.11 Å². The van der Waals surface area contributed by atoms with E-state index in [0.29, 0.717) is 22.6 Å². The normalized spacial score (nSPS) is 11.8. The summed E-state index contributed by atoms with van der Waals surface area (Å²) in [5, 5.41) is 27.2. The van der Waals surface area contributed by atoms with Crippen LogP contribution in [0.3, 0.4) is 0 Å². The average molecular weight is 439 g/mol. The molecule has 1 unspecified atom stereocenters. The smallest absolute Gasteiger partial charge is 0.323 e. The summed E-state index contributed by atoms with van der Waals surface area (Å²) in [6.45, 7) is 1.81. The Labute approximate surface area is 180 Å². The number of nitrogens with one attached hydrogen (secondary N) is 2. The number of imidazole rings is 1. The Bertz CT molecular complexity index is 1290. The molecule has 0 saturated carbocycles. The molecule has 0 saturated heterocycles. The number of ether oxygens (including phenoxy) is 1. The number of amides is 2. The molecule has 156 valence electrons. The van der Waals surface area contributed by atoms with Crippen molar-refractivity contribution in [1.29, 1.82) is 5.26 Å². The third-order valence-corrected chi connectivity index (χ3v) is 4.54. The van der Waals surface area contributed by atoms with Crippen molar-refractivity contribution >= 4 is 34.7 Å². The SMILES string of the molecule is COC(C)c1c(NC(=O)Nc2cnc(-n3nccn3)c(C#N)c2)cnn2cc(Cl)nc12. The van der Waals surface area contributed by atoms with Gasteiger partial charge in [-0.2, -0.15) is 20.6 Å². The van der Waals surface area contributed by atoms with Crippen LogP contribution >= 0.6 is 11.6 Å². The molecule has 2 amide bonds.